The topological polar surface area (TPSA) is 63.6 Å². The van der Waals surface area contributed by atoms with Gasteiger partial charge >= 0.3 is 18.1 Å². The molecule has 2 atom stereocenters. The smallest absolute Gasteiger partial charge is 0.422 e. The standard InChI is InChI=1S/C11H11F3O4/c1-10(2)6(8(10)9(16)17)3-4-7(15)18-5-11(12,13)14/h6,8H,5H2,1-2H3,(H,16,17). The molecule has 0 radical (unpaired) electrons. The van der Waals surface area contributed by atoms with Gasteiger partial charge in [0.2, 0.25) is 0 Å². The zero-order chi connectivity index (χ0) is 14.1. The third-order valence-electron chi connectivity index (χ3n) is 2.79. The van der Waals surface area contributed by atoms with Gasteiger partial charge in [0.05, 0.1) is 5.92 Å². The molecule has 0 heterocycles. The van der Waals surface area contributed by atoms with Gasteiger partial charge in [-0.2, -0.15) is 13.2 Å². The first-order valence-corrected chi connectivity index (χ1v) is 5.03. The van der Waals surface area contributed by atoms with Crippen molar-refractivity contribution in [2.75, 3.05) is 6.61 Å². The third-order valence-corrected chi connectivity index (χ3v) is 2.79. The van der Waals surface area contributed by atoms with Crippen LogP contribution in [0.25, 0.3) is 0 Å². The predicted octanol–water partition coefficient (Wildman–Crippen LogP) is 1.45. The molecular formula is C11H11F3O4. The molecule has 0 saturated heterocycles. The van der Waals surface area contributed by atoms with E-state index in [1.54, 1.807) is 13.8 Å². The van der Waals surface area contributed by atoms with E-state index in [4.69, 9.17) is 5.11 Å². The van der Waals surface area contributed by atoms with Gasteiger partial charge in [0.15, 0.2) is 6.61 Å². The first-order valence-electron chi connectivity index (χ1n) is 5.03. The second-order valence-electron chi connectivity index (χ2n) is 4.58. The summed E-state index contributed by atoms with van der Waals surface area (Å²) in [6.45, 7) is 1.62. The first-order chi connectivity index (χ1) is 8.05. The number of alkyl halides is 3. The summed E-state index contributed by atoms with van der Waals surface area (Å²) < 4.78 is 39.0. The van der Waals surface area contributed by atoms with Crippen LogP contribution in [0.2, 0.25) is 0 Å². The lowest BCUT2D eigenvalue weighted by molar-refractivity contribution is -0.182. The Morgan fingerprint density at radius 1 is 1.39 bits per heavy atom. The largest absolute Gasteiger partial charge is 0.481 e. The van der Waals surface area contributed by atoms with E-state index in [1.165, 1.54) is 0 Å². The highest BCUT2D eigenvalue weighted by molar-refractivity contribution is 5.89. The van der Waals surface area contributed by atoms with Crippen LogP contribution in [0.4, 0.5) is 13.2 Å². The lowest BCUT2D eigenvalue weighted by atomic mass is 10.1. The quantitative estimate of drug-likeness (QED) is 0.466. The SMILES string of the molecule is CC1(C)C(C#CC(=O)OCC(F)(F)F)C1C(=O)O. The van der Waals surface area contributed by atoms with Gasteiger partial charge in [0.25, 0.3) is 0 Å². The molecule has 1 rings (SSSR count). The summed E-state index contributed by atoms with van der Waals surface area (Å²) in [7, 11) is 0. The zero-order valence-electron chi connectivity index (χ0n) is 9.67. The third kappa shape index (κ3) is 3.39. The minimum atomic E-state index is -4.60. The molecule has 0 bridgehead atoms. The highest BCUT2D eigenvalue weighted by Crippen LogP contribution is 2.57. The van der Waals surface area contributed by atoms with Crippen molar-refractivity contribution < 1.29 is 32.6 Å². The van der Waals surface area contributed by atoms with E-state index in [1.807, 2.05) is 5.92 Å². The molecule has 2 unspecified atom stereocenters. The van der Waals surface area contributed by atoms with Crippen LogP contribution in [0.15, 0.2) is 0 Å². The first kappa shape index (κ1) is 14.4. The van der Waals surface area contributed by atoms with Gasteiger partial charge in [-0.3, -0.25) is 4.79 Å². The van der Waals surface area contributed by atoms with Crippen LogP contribution < -0.4 is 0 Å². The van der Waals surface area contributed by atoms with E-state index >= 15 is 0 Å². The Hall–Kier alpha value is -1.71. The Kier molecular flexibility index (Phi) is 3.60. The summed E-state index contributed by atoms with van der Waals surface area (Å²) in [5, 5.41) is 8.80. The second kappa shape index (κ2) is 4.52. The van der Waals surface area contributed by atoms with Gasteiger partial charge in [-0.25, -0.2) is 4.79 Å². The molecule has 0 aromatic heterocycles. The fourth-order valence-electron chi connectivity index (χ4n) is 1.69. The van der Waals surface area contributed by atoms with Crippen LogP contribution in [0.1, 0.15) is 13.8 Å². The van der Waals surface area contributed by atoms with E-state index < -0.39 is 42.0 Å². The highest BCUT2D eigenvalue weighted by atomic mass is 19.4. The lowest BCUT2D eigenvalue weighted by Crippen LogP contribution is -2.19. The molecule has 0 amide bonds. The Labute approximate surface area is 101 Å². The number of carboxylic acid groups (broad SMARTS) is 1. The molecule has 1 saturated carbocycles. The number of halogens is 3. The van der Waals surface area contributed by atoms with Crippen LogP contribution in [0.5, 0.6) is 0 Å². The average Bonchev–Trinajstić information content (AvgIpc) is 2.73. The maximum atomic E-state index is 11.7. The molecule has 4 nitrogen and oxygen atoms in total. The number of hydrogen-bond donors (Lipinski definition) is 1. The molecule has 1 N–H and O–H groups in total. The van der Waals surface area contributed by atoms with Crippen molar-refractivity contribution in [1.82, 2.24) is 0 Å². The number of rotatable bonds is 2. The lowest BCUT2D eigenvalue weighted by Gasteiger charge is -2.03. The van der Waals surface area contributed by atoms with Gasteiger partial charge < -0.3 is 9.84 Å². The number of hydrogen-bond acceptors (Lipinski definition) is 3. The van der Waals surface area contributed by atoms with Crippen LogP contribution in [-0.2, 0) is 14.3 Å². The van der Waals surface area contributed by atoms with Crippen LogP contribution in [0, 0.1) is 29.1 Å². The summed E-state index contributed by atoms with van der Waals surface area (Å²) in [6, 6.07) is 0. The van der Waals surface area contributed by atoms with Crippen molar-refractivity contribution in [3.8, 4) is 11.8 Å². The highest BCUT2D eigenvalue weighted by Gasteiger charge is 2.61. The van der Waals surface area contributed by atoms with E-state index in [-0.39, 0.29) is 0 Å². The Morgan fingerprint density at radius 2 is 1.94 bits per heavy atom. The number of carbonyl (C=O) groups is 2. The molecule has 0 aliphatic heterocycles. The van der Waals surface area contributed by atoms with Crippen molar-refractivity contribution in [3.63, 3.8) is 0 Å². The maximum absolute atomic E-state index is 11.7. The van der Waals surface area contributed by atoms with E-state index in [0.717, 1.165) is 0 Å². The number of ether oxygens (including phenoxy) is 1. The van der Waals surface area contributed by atoms with Crippen molar-refractivity contribution in [1.29, 1.82) is 0 Å². The normalized spacial score (nSPS) is 24.7. The van der Waals surface area contributed by atoms with Gasteiger partial charge in [-0.05, 0) is 5.41 Å². The molecule has 100 valence electrons. The van der Waals surface area contributed by atoms with Gasteiger partial charge in [-0.15, -0.1) is 0 Å². The summed E-state index contributed by atoms with van der Waals surface area (Å²) in [5.74, 6) is 0.624. The predicted molar refractivity (Wildman–Crippen MR) is 53.2 cm³/mol. The Balaban J connectivity index is 2.53. The van der Waals surface area contributed by atoms with Crippen LogP contribution in [0.3, 0.4) is 0 Å². The Morgan fingerprint density at radius 3 is 2.33 bits per heavy atom. The minimum Gasteiger partial charge on any atom is -0.481 e. The maximum Gasteiger partial charge on any atom is 0.422 e. The van der Waals surface area contributed by atoms with Crippen LogP contribution >= 0.6 is 0 Å². The van der Waals surface area contributed by atoms with Crippen molar-refractivity contribution in [3.05, 3.63) is 0 Å². The molecule has 18 heavy (non-hydrogen) atoms. The summed E-state index contributed by atoms with van der Waals surface area (Å²) in [6.07, 6.45) is -4.60. The molecule has 0 aromatic carbocycles. The number of carbonyl (C=O) groups excluding carboxylic acids is 1. The molecule has 0 aromatic rings. The number of aliphatic carboxylic acids is 1. The monoisotopic (exact) mass is 264 g/mol. The molecule has 1 aliphatic carbocycles. The summed E-state index contributed by atoms with van der Waals surface area (Å²) >= 11 is 0. The van der Waals surface area contributed by atoms with E-state index in [9.17, 15) is 22.8 Å². The molecule has 1 aliphatic rings. The summed E-state index contributed by atoms with van der Waals surface area (Å²) in [4.78, 5) is 21.6. The minimum absolute atomic E-state index is 0.548. The van der Waals surface area contributed by atoms with Crippen molar-refractivity contribution in [2.24, 2.45) is 17.3 Å². The fraction of sp³-hybridized carbons (Fsp3) is 0.636. The number of esters is 1. The molecule has 0 spiro atoms. The van der Waals surface area contributed by atoms with E-state index in [0.29, 0.717) is 0 Å². The number of carboxylic acids is 1. The summed E-state index contributed by atoms with van der Waals surface area (Å²) in [5.41, 5.74) is -0.580. The Bertz CT molecular complexity index is 428. The average molecular weight is 264 g/mol. The van der Waals surface area contributed by atoms with E-state index in [2.05, 4.69) is 10.7 Å². The fourth-order valence-corrected chi connectivity index (χ4v) is 1.69. The molecule has 1 fully saturated rings. The zero-order valence-corrected chi connectivity index (χ0v) is 9.67. The van der Waals surface area contributed by atoms with Gasteiger partial charge in [0, 0.05) is 11.8 Å². The van der Waals surface area contributed by atoms with Crippen molar-refractivity contribution in [2.45, 2.75) is 20.0 Å². The van der Waals surface area contributed by atoms with Gasteiger partial charge in [0.1, 0.15) is 0 Å². The second-order valence-corrected chi connectivity index (χ2v) is 4.58. The molecular weight excluding hydrogens is 253 g/mol. The van der Waals surface area contributed by atoms with Gasteiger partial charge in [-0.1, -0.05) is 19.8 Å². The van der Waals surface area contributed by atoms with Crippen molar-refractivity contribution >= 4 is 11.9 Å². The molecule has 7 heteroatoms. The van der Waals surface area contributed by atoms with Crippen LogP contribution in [-0.4, -0.2) is 29.8 Å².